The Bertz CT molecular complexity index is 855. The van der Waals surface area contributed by atoms with Gasteiger partial charge in [-0.25, -0.2) is 0 Å². The van der Waals surface area contributed by atoms with Crippen LogP contribution < -0.4 is 5.56 Å². The van der Waals surface area contributed by atoms with Crippen molar-refractivity contribution in [2.75, 3.05) is 0 Å². The van der Waals surface area contributed by atoms with Gasteiger partial charge in [0, 0.05) is 11.1 Å². The van der Waals surface area contributed by atoms with Gasteiger partial charge in [0.05, 0.1) is 11.9 Å². The first-order valence-corrected chi connectivity index (χ1v) is 5.84. The van der Waals surface area contributed by atoms with Crippen LogP contribution >= 0.6 is 11.6 Å². The zero-order valence-electron chi connectivity index (χ0n) is 9.59. The van der Waals surface area contributed by atoms with Crippen LogP contribution in [0.2, 0.25) is 5.02 Å². The number of nitrogens with one attached hydrogen (secondary N) is 1. The van der Waals surface area contributed by atoms with E-state index in [1.165, 1.54) is 12.3 Å². The highest BCUT2D eigenvalue weighted by molar-refractivity contribution is 6.30. The van der Waals surface area contributed by atoms with E-state index in [4.69, 9.17) is 16.9 Å². The molecule has 0 aliphatic heterocycles. The molecule has 0 atom stereocenters. The topological polar surface area (TPSA) is 74.0 Å². The molecule has 92 valence electrons. The zero-order valence-corrected chi connectivity index (χ0v) is 10.3. The summed E-state index contributed by atoms with van der Waals surface area (Å²) < 4.78 is 1.16. The molecule has 2 aromatic heterocycles. The van der Waals surface area contributed by atoms with Gasteiger partial charge >= 0.3 is 0 Å². The number of hydrogen-bond acceptors (Lipinski definition) is 3. The van der Waals surface area contributed by atoms with Crippen molar-refractivity contribution < 1.29 is 0 Å². The van der Waals surface area contributed by atoms with Gasteiger partial charge < -0.3 is 4.98 Å². The van der Waals surface area contributed by atoms with E-state index in [2.05, 4.69) is 10.1 Å². The molecule has 0 amide bonds. The summed E-state index contributed by atoms with van der Waals surface area (Å²) in [7, 11) is 0. The van der Waals surface area contributed by atoms with Crippen molar-refractivity contribution in [2.24, 2.45) is 0 Å². The summed E-state index contributed by atoms with van der Waals surface area (Å²) in [6.07, 6.45) is 1.36. The summed E-state index contributed by atoms with van der Waals surface area (Å²) in [6, 6.07) is 10.5. The molecule has 5 nitrogen and oxygen atoms in total. The molecule has 3 aromatic rings. The lowest BCUT2D eigenvalue weighted by atomic mass is 10.1. The van der Waals surface area contributed by atoms with Crippen molar-refractivity contribution in [3.05, 3.63) is 57.5 Å². The van der Waals surface area contributed by atoms with Gasteiger partial charge in [-0.15, -0.1) is 0 Å². The summed E-state index contributed by atoms with van der Waals surface area (Å²) in [5, 5.41) is 13.5. The average Bonchev–Trinajstić information content (AvgIpc) is 2.83. The van der Waals surface area contributed by atoms with Crippen LogP contribution in [0.3, 0.4) is 0 Å². The number of hydrogen-bond donors (Lipinski definition) is 1. The van der Waals surface area contributed by atoms with E-state index in [0.717, 1.165) is 10.1 Å². The molecule has 0 radical (unpaired) electrons. The summed E-state index contributed by atoms with van der Waals surface area (Å²) in [4.78, 5) is 15.0. The molecule has 0 saturated carbocycles. The normalized spacial score (nSPS) is 10.5. The molecular weight excluding hydrogens is 264 g/mol. The van der Waals surface area contributed by atoms with E-state index in [1.807, 2.05) is 6.07 Å². The Morgan fingerprint density at radius 3 is 2.74 bits per heavy atom. The molecule has 6 heteroatoms. The third-order valence-corrected chi connectivity index (χ3v) is 3.03. The Labute approximate surface area is 112 Å². The highest BCUT2D eigenvalue weighted by atomic mass is 35.5. The van der Waals surface area contributed by atoms with E-state index < -0.39 is 0 Å². The lowest BCUT2D eigenvalue weighted by molar-refractivity contribution is 0.901. The first kappa shape index (κ1) is 11.5. The molecule has 0 fully saturated rings. The van der Waals surface area contributed by atoms with E-state index in [-0.39, 0.29) is 5.56 Å². The SMILES string of the molecule is N#Cc1cnn2c(=O)cc(-c3ccc(Cl)cc3)[nH]c12. The summed E-state index contributed by atoms with van der Waals surface area (Å²) in [5.41, 5.74) is 1.85. The van der Waals surface area contributed by atoms with E-state index in [1.54, 1.807) is 24.3 Å². The molecule has 2 heterocycles. The number of aromatic nitrogens is 3. The standard InChI is InChI=1S/C13H7ClN4O/c14-10-3-1-8(2-4-10)11-5-12(19)18-13(17-11)9(6-15)7-16-18/h1-5,7,17H. The van der Waals surface area contributed by atoms with E-state index >= 15 is 0 Å². The van der Waals surface area contributed by atoms with E-state index in [0.29, 0.717) is 21.9 Å². The molecular formula is C13H7ClN4O. The molecule has 0 aliphatic carbocycles. The minimum absolute atomic E-state index is 0.291. The number of fused-ring (bicyclic) bond motifs is 1. The van der Waals surface area contributed by atoms with Crippen LogP contribution in [0.5, 0.6) is 0 Å². The van der Waals surface area contributed by atoms with Crippen molar-refractivity contribution in [1.29, 1.82) is 5.26 Å². The largest absolute Gasteiger partial charge is 0.338 e. The monoisotopic (exact) mass is 270 g/mol. The van der Waals surface area contributed by atoms with Crippen LogP contribution in [0.1, 0.15) is 5.56 Å². The van der Waals surface area contributed by atoms with Gasteiger partial charge in [-0.05, 0) is 17.7 Å². The number of aromatic amines is 1. The zero-order chi connectivity index (χ0) is 13.4. The number of rotatable bonds is 1. The predicted molar refractivity (Wildman–Crippen MR) is 71.0 cm³/mol. The summed E-state index contributed by atoms with van der Waals surface area (Å²) in [6.45, 7) is 0. The summed E-state index contributed by atoms with van der Waals surface area (Å²) in [5.74, 6) is 0. The van der Waals surface area contributed by atoms with Crippen molar-refractivity contribution in [2.45, 2.75) is 0 Å². The van der Waals surface area contributed by atoms with Crippen molar-refractivity contribution in [3.63, 3.8) is 0 Å². The van der Waals surface area contributed by atoms with Gasteiger partial charge in [-0.1, -0.05) is 23.7 Å². The fourth-order valence-electron chi connectivity index (χ4n) is 1.85. The summed E-state index contributed by atoms with van der Waals surface area (Å²) >= 11 is 5.83. The first-order valence-electron chi connectivity index (χ1n) is 5.46. The molecule has 1 N–H and O–H groups in total. The molecule has 3 rings (SSSR count). The van der Waals surface area contributed by atoms with Gasteiger partial charge in [0.15, 0.2) is 5.65 Å². The molecule has 0 bridgehead atoms. The number of nitrogens with zero attached hydrogens (tertiary/aromatic N) is 3. The second-order valence-corrected chi connectivity index (χ2v) is 4.40. The van der Waals surface area contributed by atoms with Crippen LogP contribution in [0, 0.1) is 11.3 Å². The van der Waals surface area contributed by atoms with Crippen molar-refractivity contribution in [1.82, 2.24) is 14.6 Å². The number of halogens is 1. The van der Waals surface area contributed by atoms with Gasteiger partial charge in [-0.3, -0.25) is 4.79 Å². The van der Waals surface area contributed by atoms with Gasteiger partial charge in [0.1, 0.15) is 11.6 Å². The minimum atomic E-state index is -0.291. The molecule has 0 spiro atoms. The Balaban J connectivity index is 2.28. The number of H-pyrrole nitrogens is 1. The molecule has 0 unspecified atom stereocenters. The van der Waals surface area contributed by atoms with Gasteiger partial charge in [-0.2, -0.15) is 14.9 Å². The van der Waals surface area contributed by atoms with Crippen molar-refractivity contribution in [3.8, 4) is 17.3 Å². The van der Waals surface area contributed by atoms with Crippen LogP contribution in [0.15, 0.2) is 41.3 Å². The maximum absolute atomic E-state index is 11.9. The quantitative estimate of drug-likeness (QED) is 0.737. The lowest BCUT2D eigenvalue weighted by Crippen LogP contribution is -2.14. The molecule has 19 heavy (non-hydrogen) atoms. The highest BCUT2D eigenvalue weighted by Crippen LogP contribution is 2.19. The van der Waals surface area contributed by atoms with Crippen LogP contribution in [0.4, 0.5) is 0 Å². The average molecular weight is 271 g/mol. The molecule has 1 aromatic carbocycles. The minimum Gasteiger partial charge on any atom is -0.338 e. The molecule has 0 saturated heterocycles. The Hall–Kier alpha value is -2.58. The Morgan fingerprint density at radius 1 is 1.32 bits per heavy atom. The predicted octanol–water partition coefficient (Wildman–Crippen LogP) is 2.21. The second kappa shape index (κ2) is 4.26. The number of nitriles is 1. The Kier molecular flexibility index (Phi) is 2.58. The third kappa shape index (κ3) is 1.88. The third-order valence-electron chi connectivity index (χ3n) is 2.77. The Morgan fingerprint density at radius 2 is 2.05 bits per heavy atom. The lowest BCUT2D eigenvalue weighted by Gasteiger charge is -2.03. The van der Waals surface area contributed by atoms with Crippen molar-refractivity contribution >= 4 is 17.2 Å². The van der Waals surface area contributed by atoms with Gasteiger partial charge in [0.25, 0.3) is 5.56 Å². The van der Waals surface area contributed by atoms with Crippen LogP contribution in [0.25, 0.3) is 16.9 Å². The van der Waals surface area contributed by atoms with Crippen LogP contribution in [-0.2, 0) is 0 Å². The number of benzene rings is 1. The molecule has 0 aliphatic rings. The van der Waals surface area contributed by atoms with Crippen LogP contribution in [-0.4, -0.2) is 14.6 Å². The smallest absolute Gasteiger partial charge is 0.274 e. The first-order chi connectivity index (χ1) is 9.19. The van der Waals surface area contributed by atoms with E-state index in [9.17, 15) is 4.79 Å². The highest BCUT2D eigenvalue weighted by Gasteiger charge is 2.09. The van der Waals surface area contributed by atoms with Gasteiger partial charge in [0.2, 0.25) is 0 Å². The second-order valence-electron chi connectivity index (χ2n) is 3.96. The maximum atomic E-state index is 11.9. The maximum Gasteiger partial charge on any atom is 0.274 e. The fraction of sp³-hybridized carbons (Fsp3) is 0. The fourth-order valence-corrected chi connectivity index (χ4v) is 1.98.